The first kappa shape index (κ1) is 21.3. The zero-order chi connectivity index (χ0) is 18.7. The normalized spacial score (nSPS) is 14.9. The fraction of sp³-hybridized carbons (Fsp3) is 0.545. The predicted molar refractivity (Wildman–Crippen MR) is 106 cm³/mol. The third-order valence-electron chi connectivity index (χ3n) is 4.73. The molecule has 0 saturated heterocycles. The van der Waals surface area contributed by atoms with Crippen molar-refractivity contribution in [3.05, 3.63) is 42.5 Å². The van der Waals surface area contributed by atoms with Crippen LogP contribution in [-0.2, 0) is 4.74 Å². The molecule has 1 aromatic carbocycles. The van der Waals surface area contributed by atoms with Crippen LogP contribution in [0.1, 0.15) is 52.0 Å². The van der Waals surface area contributed by atoms with Crippen molar-refractivity contribution in [1.29, 1.82) is 0 Å². The Balaban J connectivity index is 2.53. The van der Waals surface area contributed by atoms with Crippen molar-refractivity contribution in [2.75, 3.05) is 20.8 Å². The topological polar surface area (TPSA) is 27.7 Å². The second kappa shape index (κ2) is 11.0. The SMILES string of the molecule is C=CC(C)(CCCC(C)CC)OC/C=C/c1ccc(OC)c(OC)c1. The van der Waals surface area contributed by atoms with E-state index in [-0.39, 0.29) is 5.60 Å². The zero-order valence-corrected chi connectivity index (χ0v) is 16.5. The number of benzene rings is 1. The molecule has 0 bridgehead atoms. The third kappa shape index (κ3) is 7.35. The summed E-state index contributed by atoms with van der Waals surface area (Å²) in [5, 5.41) is 0. The lowest BCUT2D eigenvalue weighted by atomic mass is 9.94. The van der Waals surface area contributed by atoms with E-state index in [0.717, 1.165) is 35.8 Å². The molecule has 0 radical (unpaired) electrons. The Morgan fingerprint density at radius 1 is 1.20 bits per heavy atom. The van der Waals surface area contributed by atoms with Gasteiger partial charge in [-0.05, 0) is 43.4 Å². The molecule has 3 heteroatoms. The molecule has 0 heterocycles. The van der Waals surface area contributed by atoms with Crippen LogP contribution in [0.2, 0.25) is 0 Å². The fourth-order valence-corrected chi connectivity index (χ4v) is 2.62. The van der Waals surface area contributed by atoms with Gasteiger partial charge in [-0.15, -0.1) is 6.58 Å². The molecule has 1 rings (SSSR count). The van der Waals surface area contributed by atoms with E-state index >= 15 is 0 Å². The van der Waals surface area contributed by atoms with Gasteiger partial charge in [0.2, 0.25) is 0 Å². The molecule has 0 amide bonds. The molecular weight excluding hydrogens is 312 g/mol. The second-order valence-electron chi connectivity index (χ2n) is 6.75. The number of hydrogen-bond acceptors (Lipinski definition) is 3. The van der Waals surface area contributed by atoms with Crippen molar-refractivity contribution < 1.29 is 14.2 Å². The molecule has 140 valence electrons. The zero-order valence-electron chi connectivity index (χ0n) is 16.5. The standard InChI is InChI=1S/C22H34O3/c1-7-18(3)11-9-15-22(4,8-2)25-16-10-12-19-13-14-20(23-5)21(17-19)24-6/h8,10,12-14,17-18H,2,7,9,11,15-16H2,1,3-6H3/b12-10+. The molecule has 3 nitrogen and oxygen atoms in total. The highest BCUT2D eigenvalue weighted by Gasteiger charge is 2.20. The Labute approximate surface area is 153 Å². The van der Waals surface area contributed by atoms with Gasteiger partial charge in [-0.25, -0.2) is 0 Å². The molecule has 25 heavy (non-hydrogen) atoms. The summed E-state index contributed by atoms with van der Waals surface area (Å²) in [6.45, 7) is 11.2. The van der Waals surface area contributed by atoms with E-state index in [2.05, 4.69) is 27.4 Å². The van der Waals surface area contributed by atoms with Crippen molar-refractivity contribution in [1.82, 2.24) is 0 Å². The van der Waals surface area contributed by atoms with E-state index in [4.69, 9.17) is 14.2 Å². The Hall–Kier alpha value is -1.74. The van der Waals surface area contributed by atoms with Crippen LogP contribution in [0.5, 0.6) is 11.5 Å². The minimum absolute atomic E-state index is 0.268. The lowest BCUT2D eigenvalue weighted by molar-refractivity contribution is 0.0150. The smallest absolute Gasteiger partial charge is 0.161 e. The molecule has 2 atom stereocenters. The van der Waals surface area contributed by atoms with Gasteiger partial charge in [0.1, 0.15) is 0 Å². The highest BCUT2D eigenvalue weighted by Crippen LogP contribution is 2.28. The predicted octanol–water partition coefficient (Wildman–Crippen LogP) is 5.89. The van der Waals surface area contributed by atoms with Gasteiger partial charge in [-0.3, -0.25) is 0 Å². The van der Waals surface area contributed by atoms with E-state index in [9.17, 15) is 0 Å². The maximum Gasteiger partial charge on any atom is 0.161 e. The van der Waals surface area contributed by atoms with Gasteiger partial charge in [0.05, 0.1) is 26.4 Å². The van der Waals surface area contributed by atoms with Gasteiger partial charge in [0, 0.05) is 0 Å². The summed E-state index contributed by atoms with van der Waals surface area (Å²) in [6, 6.07) is 5.85. The summed E-state index contributed by atoms with van der Waals surface area (Å²) in [4.78, 5) is 0. The van der Waals surface area contributed by atoms with Crippen LogP contribution in [0, 0.1) is 5.92 Å². The third-order valence-corrected chi connectivity index (χ3v) is 4.73. The highest BCUT2D eigenvalue weighted by atomic mass is 16.5. The van der Waals surface area contributed by atoms with E-state index in [1.54, 1.807) is 14.2 Å². The molecule has 0 saturated carbocycles. The summed E-state index contributed by atoms with van der Waals surface area (Å²) >= 11 is 0. The van der Waals surface area contributed by atoms with E-state index in [0.29, 0.717) is 6.61 Å². The van der Waals surface area contributed by atoms with Crippen LogP contribution in [0.4, 0.5) is 0 Å². The molecule has 0 aliphatic heterocycles. The van der Waals surface area contributed by atoms with E-state index in [1.807, 2.05) is 36.4 Å². The fourth-order valence-electron chi connectivity index (χ4n) is 2.62. The molecule has 1 aromatic rings. The Bertz CT molecular complexity index is 550. The Kier molecular flexibility index (Phi) is 9.36. The maximum atomic E-state index is 6.06. The number of rotatable bonds is 12. The van der Waals surface area contributed by atoms with Gasteiger partial charge in [-0.1, -0.05) is 51.0 Å². The van der Waals surface area contributed by atoms with Crippen LogP contribution in [0.25, 0.3) is 6.08 Å². The van der Waals surface area contributed by atoms with Gasteiger partial charge in [0.15, 0.2) is 11.5 Å². The summed E-state index contributed by atoms with van der Waals surface area (Å²) in [5.41, 5.74) is 0.786. The van der Waals surface area contributed by atoms with Gasteiger partial charge >= 0.3 is 0 Å². The average Bonchev–Trinajstić information content (AvgIpc) is 2.64. The van der Waals surface area contributed by atoms with Crippen LogP contribution < -0.4 is 9.47 Å². The Morgan fingerprint density at radius 2 is 1.92 bits per heavy atom. The van der Waals surface area contributed by atoms with Crippen molar-refractivity contribution in [2.45, 2.75) is 52.1 Å². The number of methoxy groups -OCH3 is 2. The summed E-state index contributed by atoms with van der Waals surface area (Å²) in [6.07, 6.45) is 10.6. The molecular formula is C22H34O3. The first-order valence-corrected chi connectivity index (χ1v) is 9.14. The van der Waals surface area contributed by atoms with Crippen LogP contribution in [-0.4, -0.2) is 26.4 Å². The van der Waals surface area contributed by atoms with Gasteiger partial charge < -0.3 is 14.2 Å². The van der Waals surface area contributed by atoms with Crippen LogP contribution in [0.15, 0.2) is 36.9 Å². The quantitative estimate of drug-likeness (QED) is 0.441. The molecule has 0 aliphatic rings. The maximum absolute atomic E-state index is 6.06. The van der Waals surface area contributed by atoms with Crippen molar-refractivity contribution in [2.24, 2.45) is 5.92 Å². The minimum Gasteiger partial charge on any atom is -0.493 e. The van der Waals surface area contributed by atoms with E-state index < -0.39 is 0 Å². The first-order chi connectivity index (χ1) is 12.0. The van der Waals surface area contributed by atoms with Gasteiger partial charge in [0.25, 0.3) is 0 Å². The summed E-state index contributed by atoms with van der Waals surface area (Å²) < 4.78 is 16.6. The summed E-state index contributed by atoms with van der Waals surface area (Å²) in [7, 11) is 3.28. The van der Waals surface area contributed by atoms with Gasteiger partial charge in [-0.2, -0.15) is 0 Å². The first-order valence-electron chi connectivity index (χ1n) is 9.14. The van der Waals surface area contributed by atoms with Crippen LogP contribution >= 0.6 is 0 Å². The highest BCUT2D eigenvalue weighted by molar-refractivity contribution is 5.55. The molecule has 0 spiro atoms. The average molecular weight is 347 g/mol. The minimum atomic E-state index is -0.268. The van der Waals surface area contributed by atoms with Crippen molar-refractivity contribution >= 4 is 6.08 Å². The Morgan fingerprint density at radius 3 is 2.52 bits per heavy atom. The molecule has 0 fully saturated rings. The molecule has 0 aliphatic carbocycles. The number of hydrogen-bond donors (Lipinski definition) is 0. The van der Waals surface area contributed by atoms with Crippen LogP contribution in [0.3, 0.4) is 0 Å². The largest absolute Gasteiger partial charge is 0.493 e. The lowest BCUT2D eigenvalue weighted by Crippen LogP contribution is -2.26. The van der Waals surface area contributed by atoms with Crippen molar-refractivity contribution in [3.63, 3.8) is 0 Å². The number of ether oxygens (including phenoxy) is 3. The molecule has 2 unspecified atom stereocenters. The molecule has 0 aromatic heterocycles. The van der Waals surface area contributed by atoms with Crippen molar-refractivity contribution in [3.8, 4) is 11.5 Å². The molecule has 0 N–H and O–H groups in total. The monoisotopic (exact) mass is 346 g/mol. The summed E-state index contributed by atoms with van der Waals surface area (Å²) in [5.74, 6) is 2.24. The van der Waals surface area contributed by atoms with E-state index in [1.165, 1.54) is 12.8 Å². The lowest BCUT2D eigenvalue weighted by Gasteiger charge is -2.26. The second-order valence-corrected chi connectivity index (χ2v) is 6.75.